The minimum atomic E-state index is -0.469. The number of esters is 1. The van der Waals surface area contributed by atoms with Crippen LogP contribution >= 0.6 is 23.2 Å². The quantitative estimate of drug-likeness (QED) is 0.816. The molecule has 2 bridgehead atoms. The number of fused-ring (bicyclic) bond motifs is 2. The van der Waals surface area contributed by atoms with Crippen LogP contribution in [-0.4, -0.2) is 23.5 Å². The predicted octanol–water partition coefficient (Wildman–Crippen LogP) is 3.70. The lowest BCUT2D eigenvalue weighted by molar-refractivity contribution is -0.148. The van der Waals surface area contributed by atoms with E-state index >= 15 is 0 Å². The fourth-order valence-electron chi connectivity index (χ4n) is 3.72. The number of aromatic nitrogens is 1. The summed E-state index contributed by atoms with van der Waals surface area (Å²) in [6, 6.07) is 1.48. The van der Waals surface area contributed by atoms with E-state index in [0.717, 1.165) is 12.3 Å². The van der Waals surface area contributed by atoms with Crippen molar-refractivity contribution in [2.24, 2.45) is 17.8 Å². The van der Waals surface area contributed by atoms with E-state index < -0.39 is 5.91 Å². The summed E-state index contributed by atoms with van der Waals surface area (Å²) in [5.74, 6) is 1.30. The maximum atomic E-state index is 11.9. The smallest absolute Gasteiger partial charge is 0.306 e. The minimum absolute atomic E-state index is 0.199. The van der Waals surface area contributed by atoms with Crippen LogP contribution in [0, 0.1) is 17.8 Å². The molecular weight excluding hydrogens is 339 g/mol. The lowest BCUT2D eigenvalue weighted by Gasteiger charge is -2.20. The third-order valence-electron chi connectivity index (χ3n) is 4.74. The van der Waals surface area contributed by atoms with Crippen molar-refractivity contribution < 1.29 is 14.3 Å². The molecule has 3 atom stereocenters. The van der Waals surface area contributed by atoms with Gasteiger partial charge in [-0.05, 0) is 43.1 Å². The summed E-state index contributed by atoms with van der Waals surface area (Å²) in [6.07, 6.45) is 6.69. The highest BCUT2D eigenvalue weighted by atomic mass is 35.5. The molecule has 0 radical (unpaired) electrons. The first kappa shape index (κ1) is 16.5. The lowest BCUT2D eigenvalue weighted by atomic mass is 9.86. The van der Waals surface area contributed by atoms with Gasteiger partial charge in [0, 0.05) is 12.6 Å². The number of carbonyl (C=O) groups is 2. The third kappa shape index (κ3) is 4.15. The highest BCUT2D eigenvalue weighted by molar-refractivity contribution is 6.36. The van der Waals surface area contributed by atoms with E-state index in [-0.39, 0.29) is 23.4 Å². The van der Waals surface area contributed by atoms with Gasteiger partial charge in [-0.15, -0.1) is 0 Å². The van der Waals surface area contributed by atoms with Crippen LogP contribution < -0.4 is 5.32 Å². The van der Waals surface area contributed by atoms with Crippen molar-refractivity contribution in [2.45, 2.75) is 32.1 Å². The number of pyridine rings is 1. The molecule has 2 saturated carbocycles. The molecule has 2 aliphatic carbocycles. The van der Waals surface area contributed by atoms with Crippen molar-refractivity contribution in [3.8, 4) is 0 Å². The molecule has 124 valence electrons. The number of nitrogens with zero attached hydrogens (tertiary/aromatic N) is 1. The Morgan fingerprint density at radius 1 is 1.30 bits per heavy atom. The van der Waals surface area contributed by atoms with Gasteiger partial charge in [0.1, 0.15) is 0 Å². The highest BCUT2D eigenvalue weighted by Crippen LogP contribution is 2.49. The predicted molar refractivity (Wildman–Crippen MR) is 87.4 cm³/mol. The Morgan fingerprint density at radius 2 is 2.13 bits per heavy atom. The fraction of sp³-hybridized carbons (Fsp3) is 0.562. The molecule has 0 aliphatic heterocycles. The summed E-state index contributed by atoms with van der Waals surface area (Å²) in [4.78, 5) is 27.6. The number of carbonyl (C=O) groups excluding carboxylic acids is 2. The van der Waals surface area contributed by atoms with Gasteiger partial charge in [0.2, 0.25) is 0 Å². The second-order valence-electron chi connectivity index (χ2n) is 6.33. The number of halogens is 2. The van der Waals surface area contributed by atoms with Crippen LogP contribution in [-0.2, 0) is 14.3 Å². The molecule has 1 aromatic heterocycles. The van der Waals surface area contributed by atoms with Gasteiger partial charge in [-0.2, -0.15) is 0 Å². The topological polar surface area (TPSA) is 68.3 Å². The Bertz CT molecular complexity index is 623. The molecular formula is C16H18Cl2N2O3. The lowest BCUT2D eigenvalue weighted by Crippen LogP contribution is -2.23. The van der Waals surface area contributed by atoms with Crippen molar-refractivity contribution in [3.05, 3.63) is 22.3 Å². The molecule has 23 heavy (non-hydrogen) atoms. The fourth-order valence-corrected chi connectivity index (χ4v) is 4.15. The molecule has 3 rings (SSSR count). The first-order valence-corrected chi connectivity index (χ1v) is 8.53. The number of ether oxygens (including phenoxy) is 1. The van der Waals surface area contributed by atoms with Crippen molar-refractivity contribution in [1.82, 2.24) is 4.98 Å². The van der Waals surface area contributed by atoms with Crippen LogP contribution in [0.4, 0.5) is 5.82 Å². The molecule has 1 amide bonds. The van der Waals surface area contributed by atoms with Crippen LogP contribution in [0.3, 0.4) is 0 Å². The number of rotatable bonds is 5. The monoisotopic (exact) mass is 356 g/mol. The zero-order chi connectivity index (χ0) is 16.4. The van der Waals surface area contributed by atoms with Gasteiger partial charge in [0.05, 0.1) is 10.0 Å². The first-order chi connectivity index (χ1) is 11.0. The van der Waals surface area contributed by atoms with Crippen molar-refractivity contribution >= 4 is 40.9 Å². The first-order valence-electron chi connectivity index (χ1n) is 7.78. The van der Waals surface area contributed by atoms with Crippen molar-refractivity contribution in [3.63, 3.8) is 0 Å². The number of hydrogen-bond donors (Lipinski definition) is 1. The Kier molecular flexibility index (Phi) is 5.07. The summed E-state index contributed by atoms with van der Waals surface area (Å²) < 4.78 is 5.06. The second-order valence-corrected chi connectivity index (χ2v) is 7.18. The summed E-state index contributed by atoms with van der Waals surface area (Å²) >= 11 is 11.7. The SMILES string of the molecule is O=C(COC(=O)C[C@@H]1C[C@H]2CC[C@@H]1C2)Nc1ncc(Cl)cc1Cl. The highest BCUT2D eigenvalue weighted by Gasteiger charge is 2.40. The van der Waals surface area contributed by atoms with Crippen molar-refractivity contribution in [2.75, 3.05) is 11.9 Å². The molecule has 5 nitrogen and oxygen atoms in total. The van der Waals surface area contributed by atoms with Crippen molar-refractivity contribution in [1.29, 1.82) is 0 Å². The summed E-state index contributed by atoms with van der Waals surface area (Å²) in [5, 5.41) is 3.11. The molecule has 1 aromatic rings. The average Bonchev–Trinajstić information content (AvgIpc) is 3.11. The van der Waals surface area contributed by atoms with Crippen LogP contribution in [0.25, 0.3) is 0 Å². The van der Waals surface area contributed by atoms with Gasteiger partial charge in [0.25, 0.3) is 5.91 Å². The van der Waals surface area contributed by atoms with Crippen LogP contribution in [0.5, 0.6) is 0 Å². The van der Waals surface area contributed by atoms with Gasteiger partial charge in [-0.25, -0.2) is 4.98 Å². The summed E-state index contributed by atoms with van der Waals surface area (Å²) in [5.41, 5.74) is 0. The Balaban J connectivity index is 1.42. The molecule has 7 heteroatoms. The van der Waals surface area contributed by atoms with E-state index in [0.29, 0.717) is 23.3 Å². The Labute approximate surface area is 144 Å². The van der Waals surface area contributed by atoms with Gasteiger partial charge in [-0.3, -0.25) is 9.59 Å². The zero-order valence-electron chi connectivity index (χ0n) is 12.6. The Hall–Kier alpha value is -1.33. The van der Waals surface area contributed by atoms with E-state index in [4.69, 9.17) is 27.9 Å². The van der Waals surface area contributed by atoms with E-state index in [1.807, 2.05) is 0 Å². The minimum Gasteiger partial charge on any atom is -0.456 e. The van der Waals surface area contributed by atoms with E-state index in [2.05, 4.69) is 10.3 Å². The molecule has 2 aliphatic rings. The molecule has 1 N–H and O–H groups in total. The van der Waals surface area contributed by atoms with Gasteiger partial charge in [-0.1, -0.05) is 29.6 Å². The second kappa shape index (κ2) is 7.05. The number of nitrogens with one attached hydrogen (secondary N) is 1. The van der Waals surface area contributed by atoms with E-state index in [1.54, 1.807) is 0 Å². The normalized spacial score (nSPS) is 25.4. The summed E-state index contributed by atoms with van der Waals surface area (Å²) in [7, 11) is 0. The maximum absolute atomic E-state index is 11.9. The molecule has 1 heterocycles. The van der Waals surface area contributed by atoms with Crippen LogP contribution in [0.1, 0.15) is 32.1 Å². The van der Waals surface area contributed by atoms with Crippen LogP contribution in [0.2, 0.25) is 10.0 Å². The largest absolute Gasteiger partial charge is 0.456 e. The molecule has 0 spiro atoms. The van der Waals surface area contributed by atoms with Crippen LogP contribution in [0.15, 0.2) is 12.3 Å². The van der Waals surface area contributed by atoms with Gasteiger partial charge in [0.15, 0.2) is 12.4 Å². The molecule has 0 saturated heterocycles. The number of anilines is 1. The molecule has 0 unspecified atom stereocenters. The Morgan fingerprint density at radius 3 is 2.78 bits per heavy atom. The average molecular weight is 357 g/mol. The molecule has 0 aromatic carbocycles. The number of hydrogen-bond acceptors (Lipinski definition) is 4. The van der Waals surface area contributed by atoms with E-state index in [1.165, 1.54) is 31.5 Å². The number of amides is 1. The third-order valence-corrected chi connectivity index (χ3v) is 5.24. The van der Waals surface area contributed by atoms with E-state index in [9.17, 15) is 9.59 Å². The molecule has 2 fully saturated rings. The van der Waals surface area contributed by atoms with Gasteiger partial charge >= 0.3 is 5.97 Å². The van der Waals surface area contributed by atoms with Gasteiger partial charge < -0.3 is 10.1 Å². The standard InChI is InChI=1S/C16H18Cl2N2O3/c17-12-6-13(18)16(19-7-12)20-14(21)8-23-15(22)5-11-4-9-1-2-10(11)3-9/h6-7,9-11H,1-5,8H2,(H,19,20,21)/t9-,10+,11-/m0/s1. The zero-order valence-corrected chi connectivity index (χ0v) is 14.1. The summed E-state index contributed by atoms with van der Waals surface area (Å²) in [6.45, 7) is -0.333. The maximum Gasteiger partial charge on any atom is 0.306 e.